The standard InChI is InChI=1S/C21H25F3N8O5/c1-11(21(22,23)24)28-19(35)17-27-5-14-18(30-17)32(12-3-2-4-31(14)8-12)20(36)29-15-6-26-16(7-25-15)37-10-13(34)9-33/h5-7,11-13,33-34H,2-4,8-10H2,1H3,(H,28,35)(H,25,29,36)/t11?,12-,13?/m0/s1. The van der Waals surface area contributed by atoms with E-state index in [2.05, 4.69) is 25.3 Å². The van der Waals surface area contributed by atoms with Gasteiger partial charge in [-0.2, -0.15) is 13.2 Å². The Morgan fingerprint density at radius 1 is 1.24 bits per heavy atom. The lowest BCUT2D eigenvalue weighted by atomic mass is 10.0. The highest BCUT2D eigenvalue weighted by Gasteiger charge is 2.40. The fraction of sp³-hybridized carbons (Fsp3) is 0.524. The zero-order chi connectivity index (χ0) is 26.7. The van der Waals surface area contributed by atoms with Gasteiger partial charge >= 0.3 is 12.2 Å². The van der Waals surface area contributed by atoms with Crippen LogP contribution in [0.1, 0.15) is 30.4 Å². The summed E-state index contributed by atoms with van der Waals surface area (Å²) in [6.07, 6.45) is -0.521. The van der Waals surface area contributed by atoms with Gasteiger partial charge in [-0.3, -0.25) is 15.0 Å². The number of urea groups is 1. The van der Waals surface area contributed by atoms with E-state index < -0.39 is 42.7 Å². The second-order valence-electron chi connectivity index (χ2n) is 8.57. The van der Waals surface area contributed by atoms with Gasteiger partial charge in [0.1, 0.15) is 18.8 Å². The highest BCUT2D eigenvalue weighted by molar-refractivity contribution is 6.04. The minimum Gasteiger partial charge on any atom is -0.474 e. The second kappa shape index (κ2) is 10.7. The number of halogens is 3. The molecule has 3 atom stereocenters. The van der Waals surface area contributed by atoms with E-state index in [4.69, 9.17) is 9.84 Å². The zero-order valence-corrected chi connectivity index (χ0v) is 19.6. The molecule has 1 saturated heterocycles. The third-order valence-corrected chi connectivity index (χ3v) is 5.84. The van der Waals surface area contributed by atoms with Crippen LogP contribution in [-0.2, 0) is 0 Å². The average Bonchev–Trinajstić information content (AvgIpc) is 2.87. The third-order valence-electron chi connectivity index (χ3n) is 5.84. The molecule has 1 fully saturated rings. The molecule has 2 unspecified atom stereocenters. The first kappa shape index (κ1) is 26.3. The van der Waals surface area contributed by atoms with Crippen LogP contribution < -0.4 is 25.2 Å². The molecular weight excluding hydrogens is 501 g/mol. The SMILES string of the molecule is CC(NC(=O)c1ncc2c(n1)N(C(=O)Nc1cnc(OCC(O)CO)cn1)[C@H]1CCCN2C1)C(F)(F)F. The Morgan fingerprint density at radius 3 is 2.70 bits per heavy atom. The van der Waals surface area contributed by atoms with E-state index in [1.807, 2.05) is 10.2 Å². The van der Waals surface area contributed by atoms with Crippen molar-refractivity contribution in [3.05, 3.63) is 24.4 Å². The lowest BCUT2D eigenvalue weighted by molar-refractivity contribution is -0.149. The van der Waals surface area contributed by atoms with Crippen LogP contribution in [0.25, 0.3) is 0 Å². The molecule has 0 aromatic carbocycles. The van der Waals surface area contributed by atoms with Gasteiger partial charge in [0.15, 0.2) is 11.6 Å². The van der Waals surface area contributed by atoms with Crippen molar-refractivity contribution in [2.75, 3.05) is 41.4 Å². The van der Waals surface area contributed by atoms with Crippen molar-refractivity contribution in [1.82, 2.24) is 25.3 Å². The molecule has 2 aliphatic heterocycles. The van der Waals surface area contributed by atoms with Gasteiger partial charge in [-0.1, -0.05) is 0 Å². The molecule has 2 aliphatic rings. The van der Waals surface area contributed by atoms with Crippen molar-refractivity contribution in [2.24, 2.45) is 0 Å². The normalized spacial score (nSPS) is 18.5. The predicted molar refractivity (Wildman–Crippen MR) is 122 cm³/mol. The number of rotatable bonds is 7. The number of hydrogen-bond acceptors (Lipinski definition) is 10. The van der Waals surface area contributed by atoms with E-state index in [9.17, 15) is 27.9 Å². The number of anilines is 3. The summed E-state index contributed by atoms with van der Waals surface area (Å²) >= 11 is 0. The zero-order valence-electron chi connectivity index (χ0n) is 19.6. The summed E-state index contributed by atoms with van der Waals surface area (Å²) in [5.41, 5.74) is 0.476. The number of fused-ring (bicyclic) bond motifs is 4. The van der Waals surface area contributed by atoms with Crippen LogP contribution in [0, 0.1) is 0 Å². The van der Waals surface area contributed by atoms with Crippen LogP contribution in [0.5, 0.6) is 5.88 Å². The van der Waals surface area contributed by atoms with Gasteiger partial charge in [0.2, 0.25) is 11.7 Å². The van der Waals surface area contributed by atoms with Gasteiger partial charge in [0.05, 0.1) is 36.9 Å². The summed E-state index contributed by atoms with van der Waals surface area (Å²) in [5.74, 6) is -1.38. The quantitative estimate of drug-likeness (QED) is 0.403. The molecule has 200 valence electrons. The molecule has 2 bridgehead atoms. The van der Waals surface area contributed by atoms with Crippen LogP contribution >= 0.6 is 0 Å². The number of aliphatic hydroxyl groups is 2. The number of nitrogens with one attached hydrogen (secondary N) is 2. The lowest BCUT2D eigenvalue weighted by Crippen LogP contribution is -2.56. The number of aromatic nitrogens is 4. The number of amides is 3. The molecule has 4 N–H and O–H groups in total. The van der Waals surface area contributed by atoms with Crippen molar-refractivity contribution >= 4 is 29.3 Å². The second-order valence-corrected chi connectivity index (χ2v) is 8.57. The van der Waals surface area contributed by atoms with Gasteiger partial charge in [-0.05, 0) is 19.8 Å². The summed E-state index contributed by atoms with van der Waals surface area (Å²) < 4.78 is 43.8. The van der Waals surface area contributed by atoms with Crippen LogP contribution in [0.2, 0.25) is 0 Å². The number of carbonyl (C=O) groups is 2. The summed E-state index contributed by atoms with van der Waals surface area (Å²) in [4.78, 5) is 45.2. The highest BCUT2D eigenvalue weighted by atomic mass is 19.4. The van der Waals surface area contributed by atoms with E-state index in [-0.39, 0.29) is 30.2 Å². The molecule has 4 rings (SSSR count). The molecule has 3 amide bonds. The van der Waals surface area contributed by atoms with Crippen molar-refractivity contribution in [1.29, 1.82) is 0 Å². The van der Waals surface area contributed by atoms with Crippen molar-refractivity contribution < 1.29 is 37.7 Å². The summed E-state index contributed by atoms with van der Waals surface area (Å²) in [5, 5.41) is 22.6. The number of piperidine rings is 1. The Hall–Kier alpha value is -3.79. The number of alkyl halides is 3. The summed E-state index contributed by atoms with van der Waals surface area (Å²) in [6.45, 7) is 1.30. The highest BCUT2D eigenvalue weighted by Crippen LogP contribution is 2.37. The van der Waals surface area contributed by atoms with Crippen LogP contribution in [-0.4, -0.2) is 92.8 Å². The maximum atomic E-state index is 13.3. The van der Waals surface area contributed by atoms with Crippen LogP contribution in [0.4, 0.5) is 35.3 Å². The molecule has 16 heteroatoms. The van der Waals surface area contributed by atoms with Crippen molar-refractivity contribution in [2.45, 2.75) is 44.1 Å². The molecule has 0 aliphatic carbocycles. The first-order valence-electron chi connectivity index (χ1n) is 11.4. The maximum Gasteiger partial charge on any atom is 0.408 e. The Bertz CT molecular complexity index is 1140. The molecule has 2 aromatic rings. The number of nitrogens with zero attached hydrogens (tertiary/aromatic N) is 6. The average molecular weight is 526 g/mol. The molecular formula is C21H25F3N8O5. The summed E-state index contributed by atoms with van der Waals surface area (Å²) in [7, 11) is 0. The van der Waals surface area contributed by atoms with Crippen molar-refractivity contribution in [3.8, 4) is 5.88 Å². The molecule has 2 aromatic heterocycles. The lowest BCUT2D eigenvalue weighted by Gasteiger charge is -2.45. The van der Waals surface area contributed by atoms with E-state index in [1.54, 1.807) is 0 Å². The van der Waals surface area contributed by atoms with E-state index in [0.717, 1.165) is 13.3 Å². The number of aliphatic hydroxyl groups excluding tert-OH is 2. The first-order valence-corrected chi connectivity index (χ1v) is 11.4. The van der Waals surface area contributed by atoms with E-state index >= 15 is 0 Å². The Labute approximate surface area is 208 Å². The summed E-state index contributed by atoms with van der Waals surface area (Å²) in [6, 6.07) is -3.04. The molecule has 0 spiro atoms. The molecule has 0 radical (unpaired) electrons. The molecule has 4 heterocycles. The topological polar surface area (TPSA) is 166 Å². The Morgan fingerprint density at radius 2 is 2.03 bits per heavy atom. The fourth-order valence-electron chi connectivity index (χ4n) is 3.90. The number of carbonyl (C=O) groups excluding carboxylic acids is 2. The third kappa shape index (κ3) is 5.96. The smallest absolute Gasteiger partial charge is 0.408 e. The van der Waals surface area contributed by atoms with Crippen LogP contribution in [0.15, 0.2) is 18.6 Å². The van der Waals surface area contributed by atoms with E-state index in [0.29, 0.717) is 25.2 Å². The van der Waals surface area contributed by atoms with Gasteiger partial charge in [-0.25, -0.2) is 24.7 Å². The molecule has 0 saturated carbocycles. The first-order chi connectivity index (χ1) is 17.6. The fourth-order valence-corrected chi connectivity index (χ4v) is 3.90. The molecule has 37 heavy (non-hydrogen) atoms. The van der Waals surface area contributed by atoms with Gasteiger partial charge in [0.25, 0.3) is 5.91 Å². The number of ether oxygens (including phenoxy) is 1. The molecule has 13 nitrogen and oxygen atoms in total. The minimum atomic E-state index is -4.64. The van der Waals surface area contributed by atoms with Gasteiger partial charge in [0, 0.05) is 13.1 Å². The van der Waals surface area contributed by atoms with Crippen LogP contribution in [0.3, 0.4) is 0 Å². The predicted octanol–water partition coefficient (Wildman–Crippen LogP) is 0.700. The number of hydrogen-bond donors (Lipinski definition) is 4. The Balaban J connectivity index is 1.54. The Kier molecular flexibility index (Phi) is 7.58. The van der Waals surface area contributed by atoms with Gasteiger partial charge < -0.3 is 25.2 Å². The van der Waals surface area contributed by atoms with Crippen molar-refractivity contribution in [3.63, 3.8) is 0 Å². The van der Waals surface area contributed by atoms with E-state index in [1.165, 1.54) is 23.5 Å². The largest absolute Gasteiger partial charge is 0.474 e. The maximum absolute atomic E-state index is 13.3. The van der Waals surface area contributed by atoms with Gasteiger partial charge in [-0.15, -0.1) is 0 Å². The monoisotopic (exact) mass is 526 g/mol. The minimum absolute atomic E-state index is 0.0632.